The van der Waals surface area contributed by atoms with Crippen molar-refractivity contribution >= 4 is 22.8 Å². The summed E-state index contributed by atoms with van der Waals surface area (Å²) in [5.41, 5.74) is 4.44. The molecule has 0 unspecified atom stereocenters. The zero-order chi connectivity index (χ0) is 18.1. The topological polar surface area (TPSA) is 64.3 Å². The number of hydrogen-bond donors (Lipinski definition) is 2. The van der Waals surface area contributed by atoms with Gasteiger partial charge in [0.25, 0.3) is 0 Å². The van der Waals surface area contributed by atoms with Gasteiger partial charge in [0.15, 0.2) is 5.82 Å². The first kappa shape index (κ1) is 16.6. The number of urea groups is 1. The van der Waals surface area contributed by atoms with Gasteiger partial charge in [-0.2, -0.15) is 5.10 Å². The first-order valence-electron chi connectivity index (χ1n) is 8.90. The van der Waals surface area contributed by atoms with Crippen LogP contribution in [0.25, 0.3) is 22.0 Å². The quantitative estimate of drug-likeness (QED) is 0.746. The van der Waals surface area contributed by atoms with Gasteiger partial charge in [0.2, 0.25) is 0 Å². The summed E-state index contributed by atoms with van der Waals surface area (Å²) in [4.78, 5) is 16.5. The molecule has 6 heteroatoms. The lowest BCUT2D eigenvalue weighted by Gasteiger charge is -2.32. The van der Waals surface area contributed by atoms with Crippen LogP contribution in [0.2, 0.25) is 0 Å². The SMILES string of the molecule is Cc1ccc(-c2ccc3c(NC(=O)N4CCN(C)CC4)n[nH]c3c2)cc1. The molecule has 0 atom stereocenters. The van der Waals surface area contributed by atoms with E-state index in [0.717, 1.165) is 48.2 Å². The van der Waals surface area contributed by atoms with Crippen molar-refractivity contribution in [2.45, 2.75) is 6.92 Å². The van der Waals surface area contributed by atoms with Gasteiger partial charge < -0.3 is 9.80 Å². The number of carbonyl (C=O) groups is 1. The smallest absolute Gasteiger partial charge is 0.322 e. The van der Waals surface area contributed by atoms with Crippen LogP contribution in [-0.4, -0.2) is 59.3 Å². The van der Waals surface area contributed by atoms with Crippen molar-refractivity contribution in [3.8, 4) is 11.1 Å². The van der Waals surface area contributed by atoms with Crippen LogP contribution in [0.4, 0.5) is 10.6 Å². The van der Waals surface area contributed by atoms with Crippen LogP contribution >= 0.6 is 0 Å². The second-order valence-electron chi connectivity index (χ2n) is 6.92. The Bertz CT molecular complexity index is 923. The lowest BCUT2D eigenvalue weighted by atomic mass is 10.0. The third-order valence-electron chi connectivity index (χ3n) is 4.96. The Morgan fingerprint density at radius 3 is 2.46 bits per heavy atom. The molecule has 26 heavy (non-hydrogen) atoms. The highest BCUT2D eigenvalue weighted by Gasteiger charge is 2.20. The van der Waals surface area contributed by atoms with Crippen molar-refractivity contribution < 1.29 is 4.79 Å². The summed E-state index contributed by atoms with van der Waals surface area (Å²) in [5.74, 6) is 0.583. The molecule has 2 aromatic carbocycles. The minimum absolute atomic E-state index is 0.0888. The molecule has 1 aliphatic rings. The van der Waals surface area contributed by atoms with Gasteiger partial charge in [0.05, 0.1) is 5.52 Å². The maximum atomic E-state index is 12.5. The number of anilines is 1. The average molecular weight is 349 g/mol. The van der Waals surface area contributed by atoms with Crippen LogP contribution in [0, 0.1) is 6.92 Å². The van der Waals surface area contributed by atoms with Crippen LogP contribution in [0.1, 0.15) is 5.56 Å². The van der Waals surface area contributed by atoms with Crippen LogP contribution < -0.4 is 5.32 Å². The molecule has 4 rings (SSSR count). The largest absolute Gasteiger partial charge is 0.323 e. The lowest BCUT2D eigenvalue weighted by molar-refractivity contribution is 0.164. The molecular weight excluding hydrogens is 326 g/mol. The zero-order valence-electron chi connectivity index (χ0n) is 15.1. The Morgan fingerprint density at radius 2 is 1.73 bits per heavy atom. The summed E-state index contributed by atoms with van der Waals surface area (Å²) in [6.07, 6.45) is 0. The number of carbonyl (C=O) groups excluding carboxylic acids is 1. The highest BCUT2D eigenvalue weighted by molar-refractivity contribution is 6.00. The number of hydrogen-bond acceptors (Lipinski definition) is 3. The fourth-order valence-corrected chi connectivity index (χ4v) is 3.23. The van der Waals surface area contributed by atoms with Crippen molar-refractivity contribution in [3.05, 3.63) is 48.0 Å². The molecule has 2 heterocycles. The van der Waals surface area contributed by atoms with E-state index >= 15 is 0 Å². The second-order valence-corrected chi connectivity index (χ2v) is 6.92. The summed E-state index contributed by atoms with van der Waals surface area (Å²) in [6, 6.07) is 14.5. The van der Waals surface area contributed by atoms with Gasteiger partial charge in [-0.1, -0.05) is 35.9 Å². The van der Waals surface area contributed by atoms with E-state index < -0.39 is 0 Å². The number of benzene rings is 2. The average Bonchev–Trinajstić information content (AvgIpc) is 3.05. The Balaban J connectivity index is 1.54. The molecule has 0 bridgehead atoms. The van der Waals surface area contributed by atoms with Gasteiger partial charge in [0.1, 0.15) is 0 Å². The summed E-state index contributed by atoms with van der Waals surface area (Å²) >= 11 is 0. The number of aromatic nitrogens is 2. The standard InChI is InChI=1S/C20H23N5O/c1-14-3-5-15(6-4-14)16-7-8-17-18(13-16)22-23-19(17)21-20(26)25-11-9-24(2)10-12-25/h3-8,13H,9-12H2,1-2H3,(H2,21,22,23,26). The minimum atomic E-state index is -0.0888. The molecule has 1 aliphatic heterocycles. The van der Waals surface area contributed by atoms with Gasteiger partial charge >= 0.3 is 6.03 Å². The van der Waals surface area contributed by atoms with Gasteiger partial charge in [-0.25, -0.2) is 4.79 Å². The predicted molar refractivity (Wildman–Crippen MR) is 104 cm³/mol. The van der Waals surface area contributed by atoms with E-state index in [-0.39, 0.29) is 6.03 Å². The maximum Gasteiger partial charge on any atom is 0.323 e. The normalized spacial score (nSPS) is 15.4. The number of H-pyrrole nitrogens is 1. The molecule has 6 nitrogen and oxygen atoms in total. The number of aryl methyl sites for hydroxylation is 1. The minimum Gasteiger partial charge on any atom is -0.322 e. The monoisotopic (exact) mass is 349 g/mol. The number of piperazine rings is 1. The zero-order valence-corrected chi connectivity index (χ0v) is 15.1. The Kier molecular flexibility index (Phi) is 4.34. The summed E-state index contributed by atoms with van der Waals surface area (Å²) in [6.45, 7) is 5.35. The second kappa shape index (κ2) is 6.80. The summed E-state index contributed by atoms with van der Waals surface area (Å²) in [5, 5.41) is 11.2. The first-order chi connectivity index (χ1) is 12.6. The lowest BCUT2D eigenvalue weighted by Crippen LogP contribution is -2.48. The van der Waals surface area contributed by atoms with Crippen molar-refractivity contribution in [1.29, 1.82) is 0 Å². The van der Waals surface area contributed by atoms with Crippen LogP contribution in [-0.2, 0) is 0 Å². The molecule has 3 aromatic rings. The van der Waals surface area contributed by atoms with Gasteiger partial charge in [-0.05, 0) is 37.2 Å². The number of likely N-dealkylation sites (N-methyl/N-ethyl adjacent to an activating group) is 1. The fraction of sp³-hybridized carbons (Fsp3) is 0.300. The van der Waals surface area contributed by atoms with Crippen LogP contribution in [0.3, 0.4) is 0 Å². The molecule has 1 saturated heterocycles. The highest BCUT2D eigenvalue weighted by atomic mass is 16.2. The van der Waals surface area contributed by atoms with E-state index in [4.69, 9.17) is 0 Å². The van der Waals surface area contributed by atoms with Gasteiger partial charge in [0, 0.05) is 31.6 Å². The molecule has 2 amide bonds. The highest BCUT2D eigenvalue weighted by Crippen LogP contribution is 2.27. The fourth-order valence-electron chi connectivity index (χ4n) is 3.23. The Hall–Kier alpha value is -2.86. The first-order valence-corrected chi connectivity index (χ1v) is 8.90. The number of aromatic amines is 1. The van der Waals surface area contributed by atoms with Crippen molar-refractivity contribution in [1.82, 2.24) is 20.0 Å². The van der Waals surface area contributed by atoms with Crippen LogP contribution in [0.15, 0.2) is 42.5 Å². The Labute approximate surface area is 152 Å². The van der Waals surface area contributed by atoms with E-state index in [0.29, 0.717) is 5.82 Å². The van der Waals surface area contributed by atoms with Gasteiger partial charge in [-0.15, -0.1) is 0 Å². The number of nitrogens with one attached hydrogen (secondary N) is 2. The number of rotatable bonds is 2. The van der Waals surface area contributed by atoms with E-state index in [2.05, 4.69) is 70.8 Å². The van der Waals surface area contributed by atoms with Crippen LogP contribution in [0.5, 0.6) is 0 Å². The summed E-state index contributed by atoms with van der Waals surface area (Å²) < 4.78 is 0. The third-order valence-corrected chi connectivity index (χ3v) is 4.96. The van der Waals surface area contributed by atoms with Crippen molar-refractivity contribution in [3.63, 3.8) is 0 Å². The maximum absolute atomic E-state index is 12.5. The van der Waals surface area contributed by atoms with E-state index in [1.807, 2.05) is 11.0 Å². The Morgan fingerprint density at radius 1 is 1.04 bits per heavy atom. The molecule has 0 aliphatic carbocycles. The molecular formula is C20H23N5O. The molecule has 134 valence electrons. The van der Waals surface area contributed by atoms with E-state index in [1.54, 1.807) is 0 Å². The number of amides is 2. The third kappa shape index (κ3) is 3.28. The molecule has 0 radical (unpaired) electrons. The van der Waals surface area contributed by atoms with Crippen molar-refractivity contribution in [2.24, 2.45) is 0 Å². The molecule has 1 fully saturated rings. The molecule has 0 spiro atoms. The molecule has 2 N–H and O–H groups in total. The summed E-state index contributed by atoms with van der Waals surface area (Å²) in [7, 11) is 2.07. The molecule has 0 saturated carbocycles. The predicted octanol–water partition coefficient (Wildman–Crippen LogP) is 3.32. The van der Waals surface area contributed by atoms with Crippen molar-refractivity contribution in [2.75, 3.05) is 38.5 Å². The van der Waals surface area contributed by atoms with E-state index in [1.165, 1.54) is 5.56 Å². The van der Waals surface area contributed by atoms with E-state index in [9.17, 15) is 4.79 Å². The molecule has 1 aromatic heterocycles. The number of fused-ring (bicyclic) bond motifs is 1. The number of nitrogens with zero attached hydrogens (tertiary/aromatic N) is 3. The van der Waals surface area contributed by atoms with Gasteiger partial charge in [-0.3, -0.25) is 10.4 Å².